The molecule has 4 heteroatoms. The van der Waals surface area contributed by atoms with Crippen LogP contribution in [0.1, 0.15) is 32.8 Å². The van der Waals surface area contributed by atoms with Gasteiger partial charge >= 0.3 is 0 Å². The van der Waals surface area contributed by atoms with Crippen molar-refractivity contribution >= 4 is 33.4 Å². The van der Waals surface area contributed by atoms with Gasteiger partial charge in [-0.3, -0.25) is 0 Å². The molecule has 1 aromatic carbocycles. The number of thioether (sulfide) groups is 1. The van der Waals surface area contributed by atoms with Crippen molar-refractivity contribution < 1.29 is 0 Å². The number of benzene rings is 1. The lowest BCUT2D eigenvalue weighted by molar-refractivity contribution is 0.552. The van der Waals surface area contributed by atoms with Gasteiger partial charge in [0.15, 0.2) is 0 Å². The topological polar surface area (TPSA) is 15.3 Å². The van der Waals surface area contributed by atoms with E-state index < -0.39 is 0 Å². The van der Waals surface area contributed by atoms with E-state index in [1.54, 1.807) is 0 Å². The van der Waals surface area contributed by atoms with Crippen LogP contribution >= 0.6 is 27.7 Å². The molecule has 0 aliphatic carbocycles. The molecule has 0 aliphatic rings. The van der Waals surface area contributed by atoms with Crippen molar-refractivity contribution in [1.82, 2.24) is 5.32 Å². The summed E-state index contributed by atoms with van der Waals surface area (Å²) in [7, 11) is 2.20. The molecule has 1 aromatic rings. The van der Waals surface area contributed by atoms with Crippen molar-refractivity contribution in [3.8, 4) is 0 Å². The van der Waals surface area contributed by atoms with Crippen molar-refractivity contribution in [2.45, 2.75) is 39.8 Å². The lowest BCUT2D eigenvalue weighted by Gasteiger charge is -2.30. The number of rotatable bonds is 9. The second kappa shape index (κ2) is 9.75. The van der Waals surface area contributed by atoms with Gasteiger partial charge in [0.1, 0.15) is 0 Å². The zero-order valence-electron chi connectivity index (χ0n) is 13.9. The lowest BCUT2D eigenvalue weighted by Crippen LogP contribution is -2.33. The summed E-state index contributed by atoms with van der Waals surface area (Å²) in [5, 5.41) is 3.49. The minimum absolute atomic E-state index is 0.584. The number of hydrogen-bond donors (Lipinski definition) is 1. The fourth-order valence-electron chi connectivity index (χ4n) is 2.34. The molecule has 120 valence electrons. The first-order chi connectivity index (χ1) is 9.99. The molecule has 0 saturated carbocycles. The molecule has 0 bridgehead atoms. The van der Waals surface area contributed by atoms with Crippen LogP contribution in [0.15, 0.2) is 22.7 Å². The Labute approximate surface area is 143 Å². The second-order valence-electron chi connectivity index (χ2n) is 5.94. The van der Waals surface area contributed by atoms with Crippen molar-refractivity contribution in [3.63, 3.8) is 0 Å². The Morgan fingerprint density at radius 1 is 1.33 bits per heavy atom. The first-order valence-electron chi connectivity index (χ1n) is 7.70. The molecule has 1 rings (SSSR count). The van der Waals surface area contributed by atoms with Crippen molar-refractivity contribution in [1.29, 1.82) is 0 Å². The van der Waals surface area contributed by atoms with E-state index in [1.165, 1.54) is 22.1 Å². The van der Waals surface area contributed by atoms with Gasteiger partial charge in [-0.2, -0.15) is 11.8 Å². The maximum absolute atomic E-state index is 3.74. The molecule has 2 nitrogen and oxygen atoms in total. The van der Waals surface area contributed by atoms with E-state index in [-0.39, 0.29) is 0 Å². The quantitative estimate of drug-likeness (QED) is 0.671. The summed E-state index contributed by atoms with van der Waals surface area (Å²) in [6.45, 7) is 8.72. The Balaban J connectivity index is 2.72. The average Bonchev–Trinajstić information content (AvgIpc) is 2.44. The molecule has 0 radical (unpaired) electrons. The van der Waals surface area contributed by atoms with E-state index in [2.05, 4.69) is 78.4 Å². The summed E-state index contributed by atoms with van der Waals surface area (Å²) in [5.74, 6) is 1.85. The Bertz CT molecular complexity index is 423. The van der Waals surface area contributed by atoms with E-state index in [0.29, 0.717) is 12.0 Å². The molecule has 0 fully saturated rings. The van der Waals surface area contributed by atoms with Crippen LogP contribution in [-0.4, -0.2) is 31.6 Å². The van der Waals surface area contributed by atoms with E-state index in [1.807, 2.05) is 11.8 Å². The predicted molar refractivity (Wildman–Crippen MR) is 102 cm³/mol. The normalized spacial score (nSPS) is 12.7. The SMILES string of the molecule is CCC(CSC)N(C)c1ccc(CNCC(C)C)cc1Br. The third-order valence-corrected chi connectivity index (χ3v) is 5.01. The minimum Gasteiger partial charge on any atom is -0.370 e. The lowest BCUT2D eigenvalue weighted by atomic mass is 10.1. The molecule has 1 N–H and O–H groups in total. The van der Waals surface area contributed by atoms with Crippen LogP contribution in [0, 0.1) is 5.92 Å². The summed E-state index contributed by atoms with van der Waals surface area (Å²) in [4.78, 5) is 2.39. The fraction of sp³-hybridized carbons (Fsp3) is 0.647. The third-order valence-electron chi connectivity index (χ3n) is 3.65. The summed E-state index contributed by atoms with van der Waals surface area (Å²) in [6.07, 6.45) is 3.34. The van der Waals surface area contributed by atoms with E-state index >= 15 is 0 Å². The van der Waals surface area contributed by atoms with E-state index in [0.717, 1.165) is 18.8 Å². The van der Waals surface area contributed by atoms with Gasteiger partial charge in [-0.15, -0.1) is 0 Å². The number of nitrogens with one attached hydrogen (secondary N) is 1. The highest BCUT2D eigenvalue weighted by atomic mass is 79.9. The average molecular weight is 373 g/mol. The van der Waals surface area contributed by atoms with Crippen LogP contribution in [0.3, 0.4) is 0 Å². The van der Waals surface area contributed by atoms with Gasteiger partial charge in [0.05, 0.1) is 5.69 Å². The molecule has 0 aromatic heterocycles. The van der Waals surface area contributed by atoms with Crippen LogP contribution in [-0.2, 0) is 6.54 Å². The minimum atomic E-state index is 0.584. The zero-order valence-corrected chi connectivity index (χ0v) is 16.4. The molecule has 0 spiro atoms. The molecule has 1 unspecified atom stereocenters. The predicted octanol–water partition coefficient (Wildman–Crippen LogP) is 4.77. The molecular formula is C17H29BrN2S. The van der Waals surface area contributed by atoms with Crippen molar-refractivity contribution in [2.24, 2.45) is 5.92 Å². The first-order valence-corrected chi connectivity index (χ1v) is 9.89. The monoisotopic (exact) mass is 372 g/mol. The Hall–Kier alpha value is -0.190. The molecule has 0 aliphatic heterocycles. The summed E-state index contributed by atoms with van der Waals surface area (Å²) < 4.78 is 1.19. The van der Waals surface area contributed by atoms with Gasteiger partial charge in [-0.1, -0.05) is 26.8 Å². The Morgan fingerprint density at radius 2 is 2.05 bits per heavy atom. The smallest absolute Gasteiger partial charge is 0.0511 e. The molecule has 0 saturated heterocycles. The molecule has 0 heterocycles. The van der Waals surface area contributed by atoms with Gasteiger partial charge in [-0.05, 0) is 58.8 Å². The van der Waals surface area contributed by atoms with Gasteiger partial charge in [-0.25, -0.2) is 0 Å². The van der Waals surface area contributed by atoms with E-state index in [9.17, 15) is 0 Å². The van der Waals surface area contributed by atoms with Gasteiger partial charge < -0.3 is 10.2 Å². The summed E-state index contributed by atoms with van der Waals surface area (Å²) in [5.41, 5.74) is 2.61. The number of halogens is 1. The van der Waals surface area contributed by atoms with Crippen LogP contribution in [0.2, 0.25) is 0 Å². The highest BCUT2D eigenvalue weighted by molar-refractivity contribution is 9.10. The summed E-state index contributed by atoms with van der Waals surface area (Å²) in [6, 6.07) is 7.29. The fourth-order valence-corrected chi connectivity index (χ4v) is 3.89. The van der Waals surface area contributed by atoms with Crippen LogP contribution in [0.4, 0.5) is 5.69 Å². The maximum Gasteiger partial charge on any atom is 0.0511 e. The Kier molecular flexibility index (Phi) is 8.76. The van der Waals surface area contributed by atoms with Crippen molar-refractivity contribution in [2.75, 3.05) is 30.5 Å². The molecule has 0 amide bonds. The van der Waals surface area contributed by atoms with Gasteiger partial charge in [0.25, 0.3) is 0 Å². The highest BCUT2D eigenvalue weighted by Gasteiger charge is 2.15. The van der Waals surface area contributed by atoms with Gasteiger partial charge in [0, 0.05) is 29.9 Å². The Morgan fingerprint density at radius 3 is 2.57 bits per heavy atom. The molecular weight excluding hydrogens is 344 g/mol. The summed E-state index contributed by atoms with van der Waals surface area (Å²) >= 11 is 5.65. The third kappa shape index (κ3) is 6.21. The first kappa shape index (κ1) is 18.9. The number of nitrogens with zero attached hydrogens (tertiary/aromatic N) is 1. The van der Waals surface area contributed by atoms with Crippen LogP contribution < -0.4 is 10.2 Å². The zero-order chi connectivity index (χ0) is 15.8. The maximum atomic E-state index is 3.74. The molecule has 21 heavy (non-hydrogen) atoms. The van der Waals surface area contributed by atoms with E-state index in [4.69, 9.17) is 0 Å². The highest BCUT2D eigenvalue weighted by Crippen LogP contribution is 2.29. The van der Waals surface area contributed by atoms with Crippen LogP contribution in [0.5, 0.6) is 0 Å². The standard InChI is InChI=1S/C17H29BrN2S/c1-6-15(12-21-5)20(4)17-8-7-14(9-16(17)18)11-19-10-13(2)3/h7-9,13,15,19H,6,10-12H2,1-5H3. The second-order valence-corrected chi connectivity index (χ2v) is 7.70. The molecule has 1 atom stereocenters. The number of hydrogen-bond acceptors (Lipinski definition) is 3. The number of anilines is 1. The van der Waals surface area contributed by atoms with Gasteiger partial charge in [0.2, 0.25) is 0 Å². The largest absolute Gasteiger partial charge is 0.370 e. The van der Waals surface area contributed by atoms with Crippen LogP contribution in [0.25, 0.3) is 0 Å². The van der Waals surface area contributed by atoms with Crippen molar-refractivity contribution in [3.05, 3.63) is 28.2 Å².